The molecule has 0 aliphatic heterocycles. The summed E-state index contributed by atoms with van der Waals surface area (Å²) in [6.07, 6.45) is 7.62. The first-order chi connectivity index (χ1) is 17.4. The third-order valence-corrected chi connectivity index (χ3v) is 6.48. The Bertz CT molecular complexity index is 1140. The number of phenols is 1. The maximum Gasteiger partial charge on any atom is 0.339 e. The number of rotatable bonds is 13. The highest BCUT2D eigenvalue weighted by Crippen LogP contribution is 2.23. The maximum absolute atomic E-state index is 13.3. The molecule has 5 nitrogen and oxygen atoms in total. The van der Waals surface area contributed by atoms with Crippen LogP contribution in [0, 0.1) is 0 Å². The van der Waals surface area contributed by atoms with E-state index < -0.39 is 5.97 Å². The molecule has 0 fully saturated rings. The molecule has 0 aromatic heterocycles. The van der Waals surface area contributed by atoms with Crippen molar-refractivity contribution in [3.05, 3.63) is 89.0 Å². The summed E-state index contributed by atoms with van der Waals surface area (Å²) in [6, 6.07) is 21.0. The summed E-state index contributed by atoms with van der Waals surface area (Å²) in [5.41, 5.74) is 4.66. The zero-order valence-corrected chi connectivity index (χ0v) is 21.4. The second-order valence-electron chi connectivity index (χ2n) is 9.32. The van der Waals surface area contributed by atoms with Crippen LogP contribution in [0.25, 0.3) is 11.1 Å². The zero-order valence-electron chi connectivity index (χ0n) is 21.4. The molecule has 0 heterocycles. The number of benzene rings is 3. The van der Waals surface area contributed by atoms with E-state index in [1.807, 2.05) is 12.1 Å². The second kappa shape index (κ2) is 13.5. The minimum absolute atomic E-state index is 0.235. The third-order valence-electron chi connectivity index (χ3n) is 6.48. The number of carboxylic acids is 1. The summed E-state index contributed by atoms with van der Waals surface area (Å²) in [6.45, 7) is 5.37. The fourth-order valence-electron chi connectivity index (χ4n) is 4.27. The van der Waals surface area contributed by atoms with E-state index in [9.17, 15) is 19.8 Å². The lowest BCUT2D eigenvalue weighted by molar-refractivity contribution is 0.0693. The molecule has 190 valence electrons. The Morgan fingerprint density at radius 1 is 0.750 bits per heavy atom. The van der Waals surface area contributed by atoms with Crippen molar-refractivity contribution in [2.45, 2.75) is 65.3 Å². The first-order valence-corrected chi connectivity index (χ1v) is 13.0. The molecule has 5 heteroatoms. The van der Waals surface area contributed by atoms with Gasteiger partial charge in [-0.05, 0) is 59.7 Å². The predicted molar refractivity (Wildman–Crippen MR) is 144 cm³/mol. The molecule has 3 aromatic carbocycles. The van der Waals surface area contributed by atoms with Crippen LogP contribution < -0.4 is 0 Å². The molecule has 2 N–H and O–H groups in total. The van der Waals surface area contributed by atoms with E-state index in [0.717, 1.165) is 43.2 Å². The molecule has 3 rings (SSSR count). The Balaban J connectivity index is 1.76. The van der Waals surface area contributed by atoms with Gasteiger partial charge in [-0.3, -0.25) is 4.79 Å². The number of amides is 1. The van der Waals surface area contributed by atoms with Crippen molar-refractivity contribution in [2.24, 2.45) is 0 Å². The number of unbranched alkanes of at least 4 members (excludes halogenated alkanes) is 4. The van der Waals surface area contributed by atoms with Crippen molar-refractivity contribution in [1.82, 2.24) is 4.90 Å². The minimum Gasteiger partial charge on any atom is -0.507 e. The number of carboxylic acid groups (broad SMARTS) is 1. The van der Waals surface area contributed by atoms with Gasteiger partial charge >= 0.3 is 5.97 Å². The monoisotopic (exact) mass is 487 g/mol. The van der Waals surface area contributed by atoms with E-state index in [0.29, 0.717) is 13.1 Å². The van der Waals surface area contributed by atoms with Gasteiger partial charge in [0, 0.05) is 18.7 Å². The van der Waals surface area contributed by atoms with Crippen molar-refractivity contribution in [1.29, 1.82) is 0 Å². The van der Waals surface area contributed by atoms with Crippen molar-refractivity contribution < 1.29 is 19.8 Å². The average molecular weight is 488 g/mol. The number of carbonyl (C=O) groups excluding carboxylic acids is 1. The lowest BCUT2D eigenvalue weighted by atomic mass is 10.0. The average Bonchev–Trinajstić information content (AvgIpc) is 2.89. The Hall–Kier alpha value is -3.60. The van der Waals surface area contributed by atoms with Gasteiger partial charge in [0.15, 0.2) is 0 Å². The highest BCUT2D eigenvalue weighted by atomic mass is 16.4. The molecule has 0 aliphatic rings. The smallest absolute Gasteiger partial charge is 0.339 e. The van der Waals surface area contributed by atoms with E-state index in [-0.39, 0.29) is 22.8 Å². The molecule has 0 spiro atoms. The molecular formula is C31H37NO4. The van der Waals surface area contributed by atoms with Crippen molar-refractivity contribution >= 4 is 11.9 Å². The Kier molecular flexibility index (Phi) is 10.1. The van der Waals surface area contributed by atoms with E-state index in [4.69, 9.17) is 0 Å². The number of hydrogen-bond acceptors (Lipinski definition) is 3. The summed E-state index contributed by atoms with van der Waals surface area (Å²) < 4.78 is 0. The van der Waals surface area contributed by atoms with E-state index in [1.54, 1.807) is 4.90 Å². The molecule has 0 unspecified atom stereocenters. The van der Waals surface area contributed by atoms with Crippen LogP contribution in [0.1, 0.15) is 84.2 Å². The third kappa shape index (κ3) is 7.45. The Labute approximate surface area is 214 Å². The number of nitrogens with zero attached hydrogens (tertiary/aromatic N) is 1. The van der Waals surface area contributed by atoms with Gasteiger partial charge in [-0.15, -0.1) is 0 Å². The summed E-state index contributed by atoms with van der Waals surface area (Å²) in [5, 5.41) is 19.2. The quantitative estimate of drug-likeness (QED) is 0.248. The molecule has 0 atom stereocenters. The van der Waals surface area contributed by atoms with Crippen LogP contribution >= 0.6 is 0 Å². The molecule has 1 amide bonds. The fourth-order valence-corrected chi connectivity index (χ4v) is 4.27. The van der Waals surface area contributed by atoms with Crippen LogP contribution in [0.2, 0.25) is 0 Å². The standard InChI is InChI=1S/C31H37NO4/c1-3-5-7-8-20-32(30(34)27-18-19-29(33)28(21-27)31(35)36)22-24-12-16-26(17-13-24)25-14-10-23(11-15-25)9-6-4-2/h10-19,21,33H,3-9,20,22H2,1-2H3,(H,35,36). The Morgan fingerprint density at radius 3 is 1.94 bits per heavy atom. The van der Waals surface area contributed by atoms with Gasteiger partial charge in [-0.2, -0.15) is 0 Å². The van der Waals surface area contributed by atoms with Gasteiger partial charge in [-0.1, -0.05) is 88.1 Å². The first kappa shape index (κ1) is 27.0. The number of aromatic hydroxyl groups is 1. The van der Waals surface area contributed by atoms with Crippen LogP contribution in [0.5, 0.6) is 5.75 Å². The van der Waals surface area contributed by atoms with E-state index in [2.05, 4.69) is 50.2 Å². The van der Waals surface area contributed by atoms with E-state index >= 15 is 0 Å². The van der Waals surface area contributed by atoms with Gasteiger partial charge in [0.25, 0.3) is 5.91 Å². The zero-order chi connectivity index (χ0) is 25.9. The highest BCUT2D eigenvalue weighted by molar-refractivity contribution is 5.98. The normalized spacial score (nSPS) is 10.8. The lowest BCUT2D eigenvalue weighted by Crippen LogP contribution is -2.31. The molecule has 0 bridgehead atoms. The number of aryl methyl sites for hydroxylation is 1. The summed E-state index contributed by atoms with van der Waals surface area (Å²) in [5.74, 6) is -1.84. The highest BCUT2D eigenvalue weighted by Gasteiger charge is 2.19. The first-order valence-electron chi connectivity index (χ1n) is 13.0. The second-order valence-corrected chi connectivity index (χ2v) is 9.32. The maximum atomic E-state index is 13.3. The molecule has 0 radical (unpaired) electrons. The van der Waals surface area contributed by atoms with Crippen molar-refractivity contribution in [2.75, 3.05) is 6.54 Å². The van der Waals surface area contributed by atoms with Crippen molar-refractivity contribution in [3.63, 3.8) is 0 Å². The molecule has 0 saturated heterocycles. The predicted octanol–water partition coefficient (Wildman–Crippen LogP) is 7.32. The number of hydrogen-bond donors (Lipinski definition) is 2. The van der Waals surface area contributed by atoms with Crippen LogP contribution in [-0.2, 0) is 13.0 Å². The minimum atomic E-state index is -1.26. The van der Waals surface area contributed by atoms with Crippen LogP contribution in [0.3, 0.4) is 0 Å². The van der Waals surface area contributed by atoms with Crippen LogP contribution in [-0.4, -0.2) is 33.5 Å². The van der Waals surface area contributed by atoms with Crippen LogP contribution in [0.15, 0.2) is 66.7 Å². The molecule has 3 aromatic rings. The fraction of sp³-hybridized carbons (Fsp3) is 0.355. The summed E-state index contributed by atoms with van der Waals surface area (Å²) in [7, 11) is 0. The van der Waals surface area contributed by atoms with Gasteiger partial charge in [0.05, 0.1) is 0 Å². The molecule has 0 aliphatic carbocycles. The Morgan fingerprint density at radius 2 is 1.36 bits per heavy atom. The van der Waals surface area contributed by atoms with Gasteiger partial charge in [0.1, 0.15) is 11.3 Å². The topological polar surface area (TPSA) is 77.8 Å². The molecule has 0 saturated carbocycles. The molecular weight excluding hydrogens is 450 g/mol. The van der Waals surface area contributed by atoms with Gasteiger partial charge in [-0.25, -0.2) is 4.79 Å². The number of carbonyl (C=O) groups is 2. The number of aromatic carboxylic acids is 1. The van der Waals surface area contributed by atoms with Crippen molar-refractivity contribution in [3.8, 4) is 16.9 Å². The summed E-state index contributed by atoms with van der Waals surface area (Å²) >= 11 is 0. The van der Waals surface area contributed by atoms with Gasteiger partial charge in [0.2, 0.25) is 0 Å². The lowest BCUT2D eigenvalue weighted by Gasteiger charge is -2.23. The molecule has 36 heavy (non-hydrogen) atoms. The van der Waals surface area contributed by atoms with Gasteiger partial charge < -0.3 is 15.1 Å². The van der Waals surface area contributed by atoms with E-state index in [1.165, 1.54) is 42.2 Å². The largest absolute Gasteiger partial charge is 0.507 e. The van der Waals surface area contributed by atoms with Crippen LogP contribution in [0.4, 0.5) is 0 Å². The SMILES string of the molecule is CCCCCCN(Cc1ccc(-c2ccc(CCCC)cc2)cc1)C(=O)c1ccc(O)c(C(=O)O)c1. The summed E-state index contributed by atoms with van der Waals surface area (Å²) in [4.78, 5) is 26.5.